The minimum atomic E-state index is -4.47. The molecule has 1 aliphatic heterocycles. The van der Waals surface area contributed by atoms with Crippen LogP contribution < -0.4 is 5.32 Å². The minimum Gasteiger partial charge on any atom is -0.380 e. The van der Waals surface area contributed by atoms with Crippen molar-refractivity contribution in [2.75, 3.05) is 6.54 Å². The predicted molar refractivity (Wildman–Crippen MR) is 71.8 cm³/mol. The van der Waals surface area contributed by atoms with Gasteiger partial charge in [-0.2, -0.15) is 13.2 Å². The Hall–Kier alpha value is -1.31. The first-order chi connectivity index (χ1) is 10.1. The summed E-state index contributed by atoms with van der Waals surface area (Å²) in [4.78, 5) is 24.3. The van der Waals surface area contributed by atoms with Crippen molar-refractivity contribution in [1.29, 1.82) is 0 Å². The van der Waals surface area contributed by atoms with Crippen molar-refractivity contribution in [3.05, 3.63) is 0 Å². The monoisotopic (exact) mass is 322 g/mol. The number of nitrogens with one attached hydrogen (secondary N) is 1. The topological polar surface area (TPSA) is 69.6 Å². The van der Waals surface area contributed by atoms with Gasteiger partial charge in [-0.25, -0.2) is 0 Å². The van der Waals surface area contributed by atoms with Crippen molar-refractivity contribution >= 4 is 11.8 Å². The SMILES string of the molecule is CC(=O)N1C[C@@H](NC(=O)C2(O)CCCC2)CC[C@H]1C(F)(F)F. The van der Waals surface area contributed by atoms with Crippen LogP contribution in [0.25, 0.3) is 0 Å². The number of aliphatic hydroxyl groups is 1. The molecule has 0 aromatic carbocycles. The largest absolute Gasteiger partial charge is 0.408 e. The van der Waals surface area contributed by atoms with Crippen LogP contribution in [0.1, 0.15) is 45.4 Å². The summed E-state index contributed by atoms with van der Waals surface area (Å²) in [6.45, 7) is 0.911. The second-order valence-electron chi connectivity index (χ2n) is 6.22. The van der Waals surface area contributed by atoms with E-state index in [2.05, 4.69) is 5.32 Å². The van der Waals surface area contributed by atoms with Crippen molar-refractivity contribution in [2.24, 2.45) is 0 Å². The quantitative estimate of drug-likeness (QED) is 0.806. The first-order valence-electron chi connectivity index (χ1n) is 7.51. The van der Waals surface area contributed by atoms with Gasteiger partial charge in [-0.15, -0.1) is 0 Å². The number of hydrogen-bond acceptors (Lipinski definition) is 3. The Balaban J connectivity index is 2.00. The number of nitrogens with zero attached hydrogens (tertiary/aromatic N) is 1. The Labute approximate surface area is 126 Å². The summed E-state index contributed by atoms with van der Waals surface area (Å²) >= 11 is 0. The minimum absolute atomic E-state index is 0.135. The number of likely N-dealkylation sites (tertiary alicyclic amines) is 1. The first-order valence-corrected chi connectivity index (χ1v) is 7.51. The Morgan fingerprint density at radius 1 is 1.23 bits per heavy atom. The standard InChI is InChI=1S/C14H21F3N2O3/c1-9(20)19-8-10(4-5-11(19)14(15,16)17)18-12(21)13(22)6-2-3-7-13/h10-11,22H,2-8H2,1H3,(H,18,21)/t10-,11-/m0/s1. The van der Waals surface area contributed by atoms with Gasteiger partial charge < -0.3 is 15.3 Å². The maximum absolute atomic E-state index is 12.9. The number of rotatable bonds is 2. The molecule has 1 saturated carbocycles. The molecule has 0 aromatic rings. The highest BCUT2D eigenvalue weighted by Crippen LogP contribution is 2.33. The Bertz CT molecular complexity index is 447. The number of halogens is 3. The van der Waals surface area contributed by atoms with E-state index in [1.165, 1.54) is 0 Å². The van der Waals surface area contributed by atoms with E-state index in [0.717, 1.165) is 24.7 Å². The highest BCUT2D eigenvalue weighted by Gasteiger charge is 2.48. The van der Waals surface area contributed by atoms with E-state index in [4.69, 9.17) is 0 Å². The first kappa shape index (κ1) is 17.1. The predicted octanol–water partition coefficient (Wildman–Crippen LogP) is 1.35. The van der Waals surface area contributed by atoms with Crippen molar-refractivity contribution in [3.8, 4) is 0 Å². The highest BCUT2D eigenvalue weighted by molar-refractivity contribution is 5.85. The van der Waals surface area contributed by atoms with Gasteiger partial charge in [0.15, 0.2) is 0 Å². The van der Waals surface area contributed by atoms with Crippen molar-refractivity contribution in [2.45, 2.75) is 69.3 Å². The molecule has 0 bridgehead atoms. The van der Waals surface area contributed by atoms with E-state index in [0.29, 0.717) is 12.8 Å². The summed E-state index contributed by atoms with van der Waals surface area (Å²) in [6.07, 6.45) is -2.33. The van der Waals surface area contributed by atoms with Crippen molar-refractivity contribution in [1.82, 2.24) is 10.2 Å². The molecule has 1 saturated heterocycles. The lowest BCUT2D eigenvalue weighted by Crippen LogP contribution is -2.59. The van der Waals surface area contributed by atoms with Gasteiger partial charge in [0, 0.05) is 19.5 Å². The molecule has 0 unspecified atom stereocenters. The fourth-order valence-corrected chi connectivity index (χ4v) is 3.28. The second kappa shape index (κ2) is 6.06. The molecule has 2 atom stereocenters. The molecule has 2 rings (SSSR count). The summed E-state index contributed by atoms with van der Waals surface area (Å²) in [5, 5.41) is 12.8. The van der Waals surface area contributed by atoms with Crippen LogP contribution in [0.2, 0.25) is 0 Å². The summed E-state index contributed by atoms with van der Waals surface area (Å²) in [7, 11) is 0. The number of alkyl halides is 3. The summed E-state index contributed by atoms with van der Waals surface area (Å²) < 4.78 is 38.8. The molecule has 2 amide bonds. The molecule has 22 heavy (non-hydrogen) atoms. The zero-order valence-electron chi connectivity index (χ0n) is 12.4. The Kier molecular flexibility index (Phi) is 4.70. The third-order valence-corrected chi connectivity index (χ3v) is 4.55. The molecule has 5 nitrogen and oxygen atoms in total. The number of carbonyl (C=O) groups excluding carboxylic acids is 2. The molecular formula is C14H21F3N2O3. The van der Waals surface area contributed by atoms with Gasteiger partial charge in [0.25, 0.3) is 5.91 Å². The lowest BCUT2D eigenvalue weighted by molar-refractivity contribution is -0.196. The number of hydrogen-bond donors (Lipinski definition) is 2. The third kappa shape index (κ3) is 3.53. The van der Waals surface area contributed by atoms with Crippen LogP contribution in [0, 0.1) is 0 Å². The molecule has 2 N–H and O–H groups in total. The Morgan fingerprint density at radius 3 is 2.32 bits per heavy atom. The number of amides is 2. The highest BCUT2D eigenvalue weighted by atomic mass is 19.4. The number of piperidine rings is 1. The molecule has 126 valence electrons. The fraction of sp³-hybridized carbons (Fsp3) is 0.857. The van der Waals surface area contributed by atoms with Crippen LogP contribution in [0.3, 0.4) is 0 Å². The van der Waals surface area contributed by atoms with E-state index in [1.807, 2.05) is 0 Å². The number of carbonyl (C=O) groups is 2. The molecule has 0 spiro atoms. The summed E-state index contributed by atoms with van der Waals surface area (Å²) in [5.74, 6) is -1.20. The molecule has 1 heterocycles. The Morgan fingerprint density at radius 2 is 1.82 bits per heavy atom. The third-order valence-electron chi connectivity index (χ3n) is 4.55. The maximum atomic E-state index is 12.9. The molecule has 1 aliphatic carbocycles. The maximum Gasteiger partial charge on any atom is 0.408 e. The summed E-state index contributed by atoms with van der Waals surface area (Å²) in [6, 6.07) is -2.35. The van der Waals surface area contributed by atoms with E-state index in [1.54, 1.807) is 0 Å². The van der Waals surface area contributed by atoms with Crippen LogP contribution >= 0.6 is 0 Å². The van der Waals surface area contributed by atoms with Gasteiger partial charge in [0.2, 0.25) is 5.91 Å². The van der Waals surface area contributed by atoms with E-state index < -0.39 is 35.7 Å². The fourth-order valence-electron chi connectivity index (χ4n) is 3.28. The van der Waals surface area contributed by atoms with Gasteiger partial charge >= 0.3 is 6.18 Å². The average molecular weight is 322 g/mol. The molecule has 2 fully saturated rings. The smallest absolute Gasteiger partial charge is 0.380 e. The zero-order valence-corrected chi connectivity index (χ0v) is 12.4. The van der Waals surface area contributed by atoms with E-state index >= 15 is 0 Å². The normalized spacial score (nSPS) is 28.5. The van der Waals surface area contributed by atoms with E-state index in [9.17, 15) is 27.9 Å². The van der Waals surface area contributed by atoms with E-state index in [-0.39, 0.29) is 19.4 Å². The van der Waals surface area contributed by atoms with Crippen LogP contribution in [-0.4, -0.2) is 52.2 Å². The molecule has 2 aliphatic rings. The van der Waals surface area contributed by atoms with Crippen LogP contribution in [-0.2, 0) is 9.59 Å². The van der Waals surface area contributed by atoms with Crippen LogP contribution in [0.5, 0.6) is 0 Å². The zero-order chi connectivity index (χ0) is 16.5. The molecule has 8 heteroatoms. The molecule has 0 radical (unpaired) electrons. The lowest BCUT2D eigenvalue weighted by atomic mass is 9.95. The lowest BCUT2D eigenvalue weighted by Gasteiger charge is -2.40. The van der Waals surface area contributed by atoms with Gasteiger partial charge in [-0.1, -0.05) is 0 Å². The second-order valence-corrected chi connectivity index (χ2v) is 6.22. The summed E-state index contributed by atoms with van der Waals surface area (Å²) in [5.41, 5.74) is -1.41. The molecular weight excluding hydrogens is 301 g/mol. The van der Waals surface area contributed by atoms with Gasteiger partial charge in [-0.3, -0.25) is 9.59 Å². The van der Waals surface area contributed by atoms with Crippen molar-refractivity contribution < 1.29 is 27.9 Å². The molecule has 0 aromatic heterocycles. The van der Waals surface area contributed by atoms with Crippen LogP contribution in [0.15, 0.2) is 0 Å². The van der Waals surface area contributed by atoms with Crippen LogP contribution in [0.4, 0.5) is 13.2 Å². The van der Waals surface area contributed by atoms with Gasteiger partial charge in [0.05, 0.1) is 0 Å². The van der Waals surface area contributed by atoms with Gasteiger partial charge in [-0.05, 0) is 38.5 Å². The average Bonchev–Trinajstić information content (AvgIpc) is 2.85. The van der Waals surface area contributed by atoms with Gasteiger partial charge in [0.1, 0.15) is 11.6 Å². The van der Waals surface area contributed by atoms with Crippen molar-refractivity contribution in [3.63, 3.8) is 0 Å².